The van der Waals surface area contributed by atoms with Crippen molar-refractivity contribution in [2.24, 2.45) is 0 Å². The molecule has 21 heavy (non-hydrogen) atoms. The molecule has 0 saturated carbocycles. The van der Waals surface area contributed by atoms with Crippen molar-refractivity contribution in [3.8, 4) is 11.5 Å². The number of benzene rings is 2. The Hall–Kier alpha value is -2.69. The minimum absolute atomic E-state index is 0.119. The van der Waals surface area contributed by atoms with Crippen LogP contribution >= 0.6 is 0 Å². The van der Waals surface area contributed by atoms with Gasteiger partial charge in [-0.3, -0.25) is 4.79 Å². The first-order chi connectivity index (χ1) is 10.0. The molecule has 5 heteroatoms. The van der Waals surface area contributed by atoms with E-state index in [4.69, 9.17) is 10.5 Å². The molecule has 110 valence electrons. The van der Waals surface area contributed by atoms with Gasteiger partial charge in [0, 0.05) is 11.8 Å². The number of phenolic OH excluding ortho intramolecular Hbond substituents is 1. The van der Waals surface area contributed by atoms with Crippen molar-refractivity contribution in [3.05, 3.63) is 53.6 Å². The van der Waals surface area contributed by atoms with Crippen LogP contribution in [0.2, 0.25) is 0 Å². The molecule has 4 N–H and O–H groups in total. The van der Waals surface area contributed by atoms with E-state index in [1.807, 2.05) is 19.1 Å². The Kier molecular flexibility index (Phi) is 4.33. The normalized spacial score (nSPS) is 11.7. The molecule has 1 unspecified atom stereocenters. The Morgan fingerprint density at radius 3 is 2.67 bits per heavy atom. The summed E-state index contributed by atoms with van der Waals surface area (Å²) in [6.07, 6.45) is 0. The lowest BCUT2D eigenvalue weighted by molar-refractivity contribution is 0.0937. The van der Waals surface area contributed by atoms with Crippen LogP contribution in [0.25, 0.3) is 0 Å². The maximum absolute atomic E-state index is 12.2. The van der Waals surface area contributed by atoms with Crippen LogP contribution in [-0.4, -0.2) is 18.1 Å². The third kappa shape index (κ3) is 3.45. The zero-order valence-electron chi connectivity index (χ0n) is 12.0. The van der Waals surface area contributed by atoms with E-state index in [0.29, 0.717) is 11.4 Å². The second-order valence-corrected chi connectivity index (χ2v) is 4.75. The molecule has 0 saturated heterocycles. The number of rotatable bonds is 4. The van der Waals surface area contributed by atoms with Crippen molar-refractivity contribution < 1.29 is 14.6 Å². The minimum Gasteiger partial charge on any atom is -0.507 e. The summed E-state index contributed by atoms with van der Waals surface area (Å²) < 4.78 is 4.99. The van der Waals surface area contributed by atoms with Crippen LogP contribution in [0.1, 0.15) is 28.9 Å². The molecule has 0 heterocycles. The van der Waals surface area contributed by atoms with Gasteiger partial charge in [0.1, 0.15) is 11.5 Å². The highest BCUT2D eigenvalue weighted by Gasteiger charge is 2.15. The zero-order chi connectivity index (χ0) is 15.4. The van der Waals surface area contributed by atoms with E-state index in [1.54, 1.807) is 18.2 Å². The standard InChI is InChI=1S/C16H18N2O3/c1-10(11-4-3-5-12(17)8-11)18-16(20)14-7-6-13(21-2)9-15(14)19/h3-10,19H,17H2,1-2H3,(H,18,20). The number of carbonyl (C=O) groups excluding carboxylic acids is 1. The average molecular weight is 286 g/mol. The summed E-state index contributed by atoms with van der Waals surface area (Å²) >= 11 is 0. The van der Waals surface area contributed by atoms with E-state index in [9.17, 15) is 9.90 Å². The number of carbonyl (C=O) groups is 1. The van der Waals surface area contributed by atoms with Crippen LogP contribution in [0.3, 0.4) is 0 Å². The predicted molar refractivity (Wildman–Crippen MR) is 81.4 cm³/mol. The highest BCUT2D eigenvalue weighted by atomic mass is 16.5. The summed E-state index contributed by atoms with van der Waals surface area (Å²) in [5.74, 6) is 0.0182. The first kappa shape index (κ1) is 14.7. The van der Waals surface area contributed by atoms with Gasteiger partial charge < -0.3 is 20.9 Å². The molecule has 0 radical (unpaired) electrons. The SMILES string of the molecule is COc1ccc(C(=O)NC(C)c2cccc(N)c2)c(O)c1. The maximum atomic E-state index is 12.2. The third-order valence-corrected chi connectivity index (χ3v) is 3.21. The van der Waals surface area contributed by atoms with Gasteiger partial charge in [-0.1, -0.05) is 12.1 Å². The first-order valence-corrected chi connectivity index (χ1v) is 6.54. The van der Waals surface area contributed by atoms with Crippen molar-refractivity contribution in [3.63, 3.8) is 0 Å². The third-order valence-electron chi connectivity index (χ3n) is 3.21. The number of hydrogen-bond acceptors (Lipinski definition) is 4. The molecular weight excluding hydrogens is 268 g/mol. The van der Waals surface area contributed by atoms with Crippen LogP contribution in [-0.2, 0) is 0 Å². The Labute approximate surface area is 123 Å². The number of anilines is 1. The van der Waals surface area contributed by atoms with Crippen LogP contribution in [0.4, 0.5) is 5.69 Å². The number of aromatic hydroxyl groups is 1. The fourth-order valence-electron chi connectivity index (χ4n) is 2.02. The zero-order valence-corrected chi connectivity index (χ0v) is 12.0. The van der Waals surface area contributed by atoms with Gasteiger partial charge in [0.25, 0.3) is 5.91 Å². The van der Waals surface area contributed by atoms with Crippen molar-refractivity contribution in [2.75, 3.05) is 12.8 Å². The van der Waals surface area contributed by atoms with E-state index in [2.05, 4.69) is 5.32 Å². The van der Waals surface area contributed by atoms with Crippen LogP contribution in [0, 0.1) is 0 Å². The summed E-state index contributed by atoms with van der Waals surface area (Å²) in [7, 11) is 1.50. The smallest absolute Gasteiger partial charge is 0.255 e. The first-order valence-electron chi connectivity index (χ1n) is 6.54. The summed E-state index contributed by atoms with van der Waals surface area (Å²) in [6, 6.07) is 11.6. The van der Waals surface area contributed by atoms with E-state index < -0.39 is 0 Å². The molecule has 2 aromatic rings. The minimum atomic E-state index is -0.356. The van der Waals surface area contributed by atoms with Crippen molar-refractivity contribution in [1.82, 2.24) is 5.32 Å². The Morgan fingerprint density at radius 2 is 2.05 bits per heavy atom. The lowest BCUT2D eigenvalue weighted by Gasteiger charge is -2.15. The predicted octanol–water partition coefficient (Wildman–Crippen LogP) is 2.47. The van der Waals surface area contributed by atoms with Gasteiger partial charge in [-0.2, -0.15) is 0 Å². The highest BCUT2D eigenvalue weighted by Crippen LogP contribution is 2.24. The molecule has 0 bridgehead atoms. The average Bonchev–Trinajstić information content (AvgIpc) is 2.46. The molecule has 0 aliphatic carbocycles. The van der Waals surface area contributed by atoms with Crippen molar-refractivity contribution in [2.45, 2.75) is 13.0 Å². The molecule has 1 amide bonds. The lowest BCUT2D eigenvalue weighted by Crippen LogP contribution is -2.26. The summed E-state index contributed by atoms with van der Waals surface area (Å²) in [6.45, 7) is 1.85. The summed E-state index contributed by atoms with van der Waals surface area (Å²) in [5, 5.41) is 12.7. The number of amides is 1. The van der Waals surface area contributed by atoms with Gasteiger partial charge in [-0.15, -0.1) is 0 Å². The fourth-order valence-corrected chi connectivity index (χ4v) is 2.02. The van der Waals surface area contributed by atoms with Gasteiger partial charge in [0.05, 0.1) is 18.7 Å². The molecule has 5 nitrogen and oxygen atoms in total. The summed E-state index contributed by atoms with van der Waals surface area (Å²) in [5.41, 5.74) is 7.47. The van der Waals surface area contributed by atoms with Gasteiger partial charge in [-0.05, 0) is 36.8 Å². The monoisotopic (exact) mass is 286 g/mol. The second-order valence-electron chi connectivity index (χ2n) is 4.75. The number of nitrogens with one attached hydrogen (secondary N) is 1. The van der Waals surface area contributed by atoms with Gasteiger partial charge in [0.2, 0.25) is 0 Å². The Balaban J connectivity index is 2.14. The van der Waals surface area contributed by atoms with Crippen molar-refractivity contribution >= 4 is 11.6 Å². The van der Waals surface area contributed by atoms with Gasteiger partial charge in [-0.25, -0.2) is 0 Å². The molecule has 0 aromatic heterocycles. The quantitative estimate of drug-likeness (QED) is 0.754. The Bertz CT molecular complexity index is 656. The molecule has 0 aliphatic rings. The van der Waals surface area contributed by atoms with E-state index >= 15 is 0 Å². The van der Waals surface area contributed by atoms with Crippen LogP contribution in [0.5, 0.6) is 11.5 Å². The van der Waals surface area contributed by atoms with E-state index in [0.717, 1.165) is 5.56 Å². The molecule has 1 atom stereocenters. The number of hydrogen-bond donors (Lipinski definition) is 3. The summed E-state index contributed by atoms with van der Waals surface area (Å²) in [4.78, 5) is 12.2. The molecule has 0 aliphatic heterocycles. The van der Waals surface area contributed by atoms with E-state index in [1.165, 1.54) is 19.2 Å². The number of ether oxygens (including phenoxy) is 1. The number of nitrogen functional groups attached to an aromatic ring is 1. The van der Waals surface area contributed by atoms with E-state index in [-0.39, 0.29) is 23.3 Å². The van der Waals surface area contributed by atoms with Gasteiger partial charge >= 0.3 is 0 Å². The second kappa shape index (κ2) is 6.17. The maximum Gasteiger partial charge on any atom is 0.255 e. The van der Waals surface area contributed by atoms with Crippen molar-refractivity contribution in [1.29, 1.82) is 0 Å². The molecule has 2 aromatic carbocycles. The molecule has 0 spiro atoms. The Morgan fingerprint density at radius 1 is 1.29 bits per heavy atom. The van der Waals surface area contributed by atoms with Gasteiger partial charge in [0.15, 0.2) is 0 Å². The number of phenols is 1. The molecule has 0 fully saturated rings. The van der Waals surface area contributed by atoms with Crippen LogP contribution < -0.4 is 15.8 Å². The highest BCUT2D eigenvalue weighted by molar-refractivity contribution is 5.97. The topological polar surface area (TPSA) is 84.6 Å². The molecular formula is C16H18N2O3. The lowest BCUT2D eigenvalue weighted by atomic mass is 10.1. The van der Waals surface area contributed by atoms with Crippen LogP contribution in [0.15, 0.2) is 42.5 Å². The number of methoxy groups -OCH3 is 1. The molecule has 2 rings (SSSR count). The largest absolute Gasteiger partial charge is 0.507 e. The number of nitrogens with two attached hydrogens (primary N) is 1. The fraction of sp³-hybridized carbons (Fsp3) is 0.188.